The van der Waals surface area contributed by atoms with Gasteiger partial charge in [-0.2, -0.15) is 0 Å². The molecule has 21 heavy (non-hydrogen) atoms. The molecule has 0 unspecified atom stereocenters. The Labute approximate surface area is 127 Å². The molecule has 1 aromatic carbocycles. The van der Waals surface area contributed by atoms with E-state index in [1.807, 2.05) is 6.07 Å². The average molecular weight is 290 g/mol. The third-order valence-electron chi connectivity index (χ3n) is 4.52. The van der Waals surface area contributed by atoms with Crippen molar-refractivity contribution < 1.29 is 14.6 Å². The van der Waals surface area contributed by atoms with Gasteiger partial charge in [-0.15, -0.1) is 0 Å². The molecule has 1 N–H and O–H groups in total. The maximum absolute atomic E-state index is 11.3. The summed E-state index contributed by atoms with van der Waals surface area (Å²) in [6.45, 7) is 6.37. The van der Waals surface area contributed by atoms with Gasteiger partial charge >= 0.3 is 5.97 Å². The number of phenolic OH excluding ortho intramolecular Hbond substituents is 1. The Balaban J connectivity index is 2.29. The molecule has 0 aromatic heterocycles. The van der Waals surface area contributed by atoms with E-state index in [-0.39, 0.29) is 11.9 Å². The van der Waals surface area contributed by atoms with Crippen LogP contribution in [0.25, 0.3) is 0 Å². The number of rotatable bonds is 6. The summed E-state index contributed by atoms with van der Waals surface area (Å²) in [6.07, 6.45) is 3.56. The van der Waals surface area contributed by atoms with Crippen LogP contribution in [0, 0.1) is 5.92 Å². The Hall–Kier alpha value is -1.51. The third kappa shape index (κ3) is 3.78. The van der Waals surface area contributed by atoms with Crippen molar-refractivity contribution in [1.82, 2.24) is 0 Å². The van der Waals surface area contributed by atoms with Crippen LogP contribution in [0.5, 0.6) is 5.75 Å². The van der Waals surface area contributed by atoms with Gasteiger partial charge in [-0.3, -0.25) is 4.79 Å². The molecule has 1 aliphatic carbocycles. The van der Waals surface area contributed by atoms with Gasteiger partial charge in [0.25, 0.3) is 0 Å². The van der Waals surface area contributed by atoms with Crippen LogP contribution in [0.3, 0.4) is 0 Å². The van der Waals surface area contributed by atoms with Crippen LogP contribution in [-0.2, 0) is 16.0 Å². The maximum atomic E-state index is 11.3. The standard InChI is InChI=1S/C18H26O3/c1-11(2)15-9-13(5-8-17(19)21-4)10-16(18(15)20)12(3)14-6-7-14/h9-12,14,20H,5-8H2,1-4H3/t12-/m1/s1. The van der Waals surface area contributed by atoms with E-state index in [0.29, 0.717) is 30.4 Å². The predicted octanol–water partition coefficient (Wildman–Crippen LogP) is 4.13. The van der Waals surface area contributed by atoms with E-state index in [4.69, 9.17) is 4.74 Å². The molecule has 0 saturated heterocycles. The first kappa shape index (κ1) is 15.9. The van der Waals surface area contributed by atoms with Crippen molar-refractivity contribution >= 4 is 5.97 Å². The molecular weight excluding hydrogens is 264 g/mol. The molecule has 3 nitrogen and oxygen atoms in total. The van der Waals surface area contributed by atoms with Crippen molar-refractivity contribution in [2.75, 3.05) is 7.11 Å². The zero-order chi connectivity index (χ0) is 15.6. The lowest BCUT2D eigenvalue weighted by Crippen LogP contribution is -2.05. The number of esters is 1. The van der Waals surface area contributed by atoms with Crippen molar-refractivity contribution in [3.63, 3.8) is 0 Å². The fourth-order valence-electron chi connectivity index (χ4n) is 2.87. The molecule has 116 valence electrons. The number of benzene rings is 1. The average Bonchev–Trinajstić information content (AvgIpc) is 3.29. The zero-order valence-electron chi connectivity index (χ0n) is 13.5. The van der Waals surface area contributed by atoms with E-state index in [1.54, 1.807) is 0 Å². The first-order valence-electron chi connectivity index (χ1n) is 7.86. The summed E-state index contributed by atoms with van der Waals surface area (Å²) in [4.78, 5) is 11.3. The molecule has 0 radical (unpaired) electrons. The van der Waals surface area contributed by atoms with E-state index in [0.717, 1.165) is 16.7 Å². The highest BCUT2D eigenvalue weighted by Crippen LogP contribution is 2.46. The normalized spacial score (nSPS) is 16.0. The van der Waals surface area contributed by atoms with Crippen molar-refractivity contribution in [3.8, 4) is 5.75 Å². The third-order valence-corrected chi connectivity index (χ3v) is 4.52. The Morgan fingerprint density at radius 1 is 1.29 bits per heavy atom. The summed E-state index contributed by atoms with van der Waals surface area (Å²) in [5, 5.41) is 10.6. The van der Waals surface area contributed by atoms with Gasteiger partial charge in [0, 0.05) is 6.42 Å². The largest absolute Gasteiger partial charge is 0.507 e. The fourth-order valence-corrected chi connectivity index (χ4v) is 2.87. The lowest BCUT2D eigenvalue weighted by atomic mass is 9.87. The molecule has 0 heterocycles. The molecule has 1 saturated carbocycles. The summed E-state index contributed by atoms with van der Waals surface area (Å²) < 4.78 is 4.71. The maximum Gasteiger partial charge on any atom is 0.305 e. The SMILES string of the molecule is COC(=O)CCc1cc(C(C)C)c(O)c([C@H](C)C2CC2)c1. The van der Waals surface area contributed by atoms with Gasteiger partial charge in [0.1, 0.15) is 5.75 Å². The Morgan fingerprint density at radius 3 is 2.43 bits per heavy atom. The second-order valence-corrected chi connectivity index (χ2v) is 6.48. The molecular formula is C18H26O3. The van der Waals surface area contributed by atoms with Gasteiger partial charge in [-0.1, -0.05) is 32.9 Å². The van der Waals surface area contributed by atoms with Crippen LogP contribution in [0.15, 0.2) is 12.1 Å². The Bertz CT molecular complexity index is 515. The first-order valence-corrected chi connectivity index (χ1v) is 7.86. The van der Waals surface area contributed by atoms with Crippen LogP contribution in [0.4, 0.5) is 0 Å². The minimum atomic E-state index is -0.189. The summed E-state index contributed by atoms with van der Waals surface area (Å²) >= 11 is 0. The van der Waals surface area contributed by atoms with Gasteiger partial charge < -0.3 is 9.84 Å². The minimum absolute atomic E-state index is 0.189. The fraction of sp³-hybridized carbons (Fsp3) is 0.611. The Kier molecular flexibility index (Phi) is 4.92. The lowest BCUT2D eigenvalue weighted by Gasteiger charge is -2.19. The van der Waals surface area contributed by atoms with Crippen molar-refractivity contribution in [2.45, 2.75) is 58.3 Å². The summed E-state index contributed by atoms with van der Waals surface area (Å²) in [7, 11) is 1.42. The number of methoxy groups -OCH3 is 1. The molecule has 0 amide bonds. The smallest absolute Gasteiger partial charge is 0.305 e. The van der Waals surface area contributed by atoms with Crippen LogP contribution < -0.4 is 0 Å². The predicted molar refractivity (Wildman–Crippen MR) is 83.7 cm³/mol. The summed E-state index contributed by atoms with van der Waals surface area (Å²) in [6, 6.07) is 4.11. The molecule has 2 rings (SSSR count). The minimum Gasteiger partial charge on any atom is -0.507 e. The highest BCUT2D eigenvalue weighted by Gasteiger charge is 2.31. The van der Waals surface area contributed by atoms with E-state index < -0.39 is 0 Å². The molecule has 3 heteroatoms. The lowest BCUT2D eigenvalue weighted by molar-refractivity contribution is -0.140. The monoisotopic (exact) mass is 290 g/mol. The van der Waals surface area contributed by atoms with E-state index in [1.165, 1.54) is 20.0 Å². The van der Waals surface area contributed by atoms with Crippen molar-refractivity contribution in [1.29, 1.82) is 0 Å². The molecule has 0 bridgehead atoms. The second-order valence-electron chi connectivity index (χ2n) is 6.48. The molecule has 1 aromatic rings. The van der Waals surface area contributed by atoms with Crippen molar-refractivity contribution in [3.05, 3.63) is 28.8 Å². The highest BCUT2D eigenvalue weighted by atomic mass is 16.5. The van der Waals surface area contributed by atoms with Crippen LogP contribution in [0.1, 0.15) is 68.6 Å². The van der Waals surface area contributed by atoms with Crippen LogP contribution in [0.2, 0.25) is 0 Å². The molecule has 0 aliphatic heterocycles. The van der Waals surface area contributed by atoms with Gasteiger partial charge in [0.15, 0.2) is 0 Å². The zero-order valence-corrected chi connectivity index (χ0v) is 13.5. The van der Waals surface area contributed by atoms with Gasteiger partial charge in [-0.25, -0.2) is 0 Å². The van der Waals surface area contributed by atoms with E-state index in [9.17, 15) is 9.90 Å². The molecule has 1 aliphatic rings. The van der Waals surface area contributed by atoms with Gasteiger partial charge in [-0.05, 0) is 53.7 Å². The highest BCUT2D eigenvalue weighted by molar-refractivity contribution is 5.69. The Morgan fingerprint density at radius 2 is 1.90 bits per heavy atom. The molecule has 1 atom stereocenters. The van der Waals surface area contributed by atoms with Crippen LogP contribution >= 0.6 is 0 Å². The van der Waals surface area contributed by atoms with E-state index >= 15 is 0 Å². The number of hydrogen-bond acceptors (Lipinski definition) is 3. The summed E-state index contributed by atoms with van der Waals surface area (Å²) in [5.74, 6) is 1.62. The number of carbonyl (C=O) groups excluding carboxylic acids is 1. The second kappa shape index (κ2) is 6.50. The number of carbonyl (C=O) groups is 1. The quantitative estimate of drug-likeness (QED) is 0.801. The molecule has 1 fully saturated rings. The van der Waals surface area contributed by atoms with E-state index in [2.05, 4.69) is 26.8 Å². The topological polar surface area (TPSA) is 46.5 Å². The number of ether oxygens (including phenoxy) is 1. The number of aryl methyl sites for hydroxylation is 1. The first-order chi connectivity index (χ1) is 9.93. The van der Waals surface area contributed by atoms with Crippen LogP contribution in [-0.4, -0.2) is 18.2 Å². The number of aromatic hydroxyl groups is 1. The van der Waals surface area contributed by atoms with Gasteiger partial charge in [0.2, 0.25) is 0 Å². The number of hydrogen-bond donors (Lipinski definition) is 1. The summed E-state index contributed by atoms with van der Waals surface area (Å²) in [5.41, 5.74) is 3.15. The van der Waals surface area contributed by atoms with Crippen molar-refractivity contribution in [2.24, 2.45) is 5.92 Å². The molecule has 0 spiro atoms. The number of phenols is 1. The van der Waals surface area contributed by atoms with Gasteiger partial charge in [0.05, 0.1) is 7.11 Å².